The summed E-state index contributed by atoms with van der Waals surface area (Å²) in [6.07, 6.45) is 0. The molecule has 1 heterocycles. The molecule has 3 rings (SSSR count). The Balaban J connectivity index is 2.27. The molecule has 0 atom stereocenters. The number of nitrogens with two attached hydrogens (primary N) is 2. The van der Waals surface area contributed by atoms with Crippen LogP contribution in [-0.4, -0.2) is 17.1 Å². The Morgan fingerprint density at radius 3 is 2.62 bits per heavy atom. The van der Waals surface area contributed by atoms with Crippen molar-refractivity contribution in [1.82, 2.24) is 9.97 Å². The van der Waals surface area contributed by atoms with Gasteiger partial charge in [-0.25, -0.2) is 4.98 Å². The lowest BCUT2D eigenvalue weighted by atomic mass is 9.97. The highest BCUT2D eigenvalue weighted by Crippen LogP contribution is 2.33. The summed E-state index contributed by atoms with van der Waals surface area (Å²) in [6.45, 7) is 2.01. The van der Waals surface area contributed by atoms with Gasteiger partial charge in [0.15, 0.2) is 0 Å². The molecule has 2 aromatic carbocycles. The lowest BCUT2D eigenvalue weighted by Crippen LogP contribution is -2.02. The van der Waals surface area contributed by atoms with E-state index in [0.29, 0.717) is 5.82 Å². The first-order valence-electron chi connectivity index (χ1n) is 6.57. The lowest BCUT2D eigenvalue weighted by Gasteiger charge is -2.12. The number of hydrogen-bond acceptors (Lipinski definition) is 5. The SMILES string of the molecule is COc1cccc(-c2ccc3nc(N)nc(N)c3c2C)c1. The molecule has 0 fully saturated rings. The molecule has 0 saturated carbocycles. The standard InChI is InChI=1S/C16H16N4O/c1-9-12(10-4-3-5-11(8-10)21-2)6-7-13-14(9)15(17)20-16(18)19-13/h3-8H,1-2H3,(H4,17,18,19,20). The molecule has 0 amide bonds. The van der Waals surface area contributed by atoms with Crippen LogP contribution in [0.1, 0.15) is 5.56 Å². The molecule has 0 saturated heterocycles. The van der Waals surface area contributed by atoms with Crippen molar-refractivity contribution in [1.29, 1.82) is 0 Å². The van der Waals surface area contributed by atoms with Gasteiger partial charge in [-0.05, 0) is 41.8 Å². The van der Waals surface area contributed by atoms with Crippen LogP contribution in [0.25, 0.3) is 22.0 Å². The van der Waals surface area contributed by atoms with E-state index in [1.165, 1.54) is 0 Å². The molecule has 0 radical (unpaired) electrons. The molecule has 0 unspecified atom stereocenters. The van der Waals surface area contributed by atoms with E-state index in [-0.39, 0.29) is 5.95 Å². The topological polar surface area (TPSA) is 87.0 Å². The van der Waals surface area contributed by atoms with Crippen molar-refractivity contribution in [2.45, 2.75) is 6.92 Å². The number of nitrogen functional groups attached to an aromatic ring is 2. The Morgan fingerprint density at radius 1 is 1.05 bits per heavy atom. The third-order valence-corrected chi connectivity index (χ3v) is 3.55. The molecule has 3 aromatic rings. The first-order chi connectivity index (χ1) is 10.1. The van der Waals surface area contributed by atoms with Crippen LogP contribution in [0, 0.1) is 6.92 Å². The van der Waals surface area contributed by atoms with Crippen LogP contribution < -0.4 is 16.2 Å². The first kappa shape index (κ1) is 13.2. The van der Waals surface area contributed by atoms with E-state index in [1.54, 1.807) is 7.11 Å². The van der Waals surface area contributed by atoms with E-state index >= 15 is 0 Å². The van der Waals surface area contributed by atoms with E-state index in [0.717, 1.165) is 33.3 Å². The Bertz CT molecular complexity index is 830. The van der Waals surface area contributed by atoms with E-state index in [4.69, 9.17) is 16.2 Å². The summed E-state index contributed by atoms with van der Waals surface area (Å²) in [5, 5.41) is 0.838. The van der Waals surface area contributed by atoms with Crippen molar-refractivity contribution in [2.24, 2.45) is 0 Å². The highest BCUT2D eigenvalue weighted by Gasteiger charge is 2.11. The van der Waals surface area contributed by atoms with Crippen molar-refractivity contribution < 1.29 is 4.74 Å². The third-order valence-electron chi connectivity index (χ3n) is 3.55. The summed E-state index contributed by atoms with van der Waals surface area (Å²) in [5.41, 5.74) is 15.6. The molecule has 0 spiro atoms. The molecule has 5 heteroatoms. The van der Waals surface area contributed by atoms with Gasteiger partial charge in [-0.15, -0.1) is 0 Å². The molecular weight excluding hydrogens is 264 g/mol. The van der Waals surface area contributed by atoms with Gasteiger partial charge in [0.25, 0.3) is 0 Å². The summed E-state index contributed by atoms with van der Waals surface area (Å²) in [5.74, 6) is 1.40. The molecule has 0 aliphatic rings. The predicted octanol–water partition coefficient (Wildman–Crippen LogP) is 2.78. The van der Waals surface area contributed by atoms with Gasteiger partial charge >= 0.3 is 0 Å². The van der Waals surface area contributed by atoms with Crippen molar-refractivity contribution in [2.75, 3.05) is 18.6 Å². The number of methoxy groups -OCH3 is 1. The summed E-state index contributed by atoms with van der Waals surface area (Å²) in [4.78, 5) is 8.28. The van der Waals surface area contributed by atoms with Crippen molar-refractivity contribution in [3.8, 4) is 16.9 Å². The second kappa shape index (κ2) is 4.94. The van der Waals surface area contributed by atoms with Gasteiger partial charge in [0.05, 0.1) is 12.6 Å². The zero-order chi connectivity index (χ0) is 15.0. The smallest absolute Gasteiger partial charge is 0.222 e. The number of aromatic nitrogens is 2. The normalized spacial score (nSPS) is 10.8. The van der Waals surface area contributed by atoms with E-state index < -0.39 is 0 Å². The maximum atomic E-state index is 6.01. The van der Waals surface area contributed by atoms with Crippen LogP contribution in [0.2, 0.25) is 0 Å². The molecule has 0 bridgehead atoms. The molecule has 21 heavy (non-hydrogen) atoms. The zero-order valence-corrected chi connectivity index (χ0v) is 11.9. The molecule has 0 aliphatic carbocycles. The minimum Gasteiger partial charge on any atom is -0.497 e. The summed E-state index contributed by atoms with van der Waals surface area (Å²) in [7, 11) is 1.65. The van der Waals surface area contributed by atoms with E-state index in [2.05, 4.69) is 9.97 Å². The largest absolute Gasteiger partial charge is 0.497 e. The molecule has 4 N–H and O–H groups in total. The van der Waals surface area contributed by atoms with Crippen molar-refractivity contribution in [3.63, 3.8) is 0 Å². The Morgan fingerprint density at radius 2 is 1.86 bits per heavy atom. The van der Waals surface area contributed by atoms with Crippen molar-refractivity contribution in [3.05, 3.63) is 42.0 Å². The molecule has 5 nitrogen and oxygen atoms in total. The highest BCUT2D eigenvalue weighted by atomic mass is 16.5. The van der Waals surface area contributed by atoms with Crippen LogP contribution in [0.3, 0.4) is 0 Å². The van der Waals surface area contributed by atoms with Gasteiger partial charge in [0, 0.05) is 5.39 Å². The molecule has 106 valence electrons. The van der Waals surface area contributed by atoms with E-state index in [9.17, 15) is 0 Å². The Kier molecular flexibility index (Phi) is 3.10. The number of benzene rings is 2. The average molecular weight is 280 g/mol. The second-order valence-corrected chi connectivity index (χ2v) is 4.83. The summed E-state index contributed by atoms with van der Waals surface area (Å²) < 4.78 is 5.28. The van der Waals surface area contributed by atoms with Gasteiger partial charge in [-0.3, -0.25) is 0 Å². The Hall–Kier alpha value is -2.82. The predicted molar refractivity (Wildman–Crippen MR) is 85.1 cm³/mol. The van der Waals surface area contributed by atoms with Crippen molar-refractivity contribution >= 4 is 22.7 Å². The third kappa shape index (κ3) is 2.23. The number of ether oxygens (including phenoxy) is 1. The maximum Gasteiger partial charge on any atom is 0.222 e. The lowest BCUT2D eigenvalue weighted by molar-refractivity contribution is 0.415. The van der Waals surface area contributed by atoms with Crippen LogP contribution >= 0.6 is 0 Å². The van der Waals surface area contributed by atoms with Crippen LogP contribution in [0.4, 0.5) is 11.8 Å². The number of fused-ring (bicyclic) bond motifs is 1. The van der Waals surface area contributed by atoms with Gasteiger partial charge in [-0.2, -0.15) is 4.98 Å². The molecule has 1 aromatic heterocycles. The minimum absolute atomic E-state index is 0.188. The van der Waals surface area contributed by atoms with Crippen LogP contribution in [-0.2, 0) is 0 Å². The number of hydrogen-bond donors (Lipinski definition) is 2. The number of anilines is 2. The van der Waals surface area contributed by atoms with Gasteiger partial charge < -0.3 is 16.2 Å². The second-order valence-electron chi connectivity index (χ2n) is 4.83. The average Bonchev–Trinajstić information content (AvgIpc) is 2.47. The van der Waals surface area contributed by atoms with Crippen LogP contribution in [0.15, 0.2) is 36.4 Å². The maximum absolute atomic E-state index is 6.01. The van der Waals surface area contributed by atoms with Crippen LogP contribution in [0.5, 0.6) is 5.75 Å². The van der Waals surface area contributed by atoms with Gasteiger partial charge in [0.1, 0.15) is 11.6 Å². The monoisotopic (exact) mass is 280 g/mol. The molecular formula is C16H16N4O. The number of rotatable bonds is 2. The fourth-order valence-electron chi connectivity index (χ4n) is 2.54. The highest BCUT2D eigenvalue weighted by molar-refractivity contribution is 5.96. The minimum atomic E-state index is 0.188. The van der Waals surface area contributed by atoms with E-state index in [1.807, 2.05) is 43.3 Å². The fraction of sp³-hybridized carbons (Fsp3) is 0.125. The van der Waals surface area contributed by atoms with Gasteiger partial charge in [-0.1, -0.05) is 18.2 Å². The quantitative estimate of drug-likeness (QED) is 0.753. The fourth-order valence-corrected chi connectivity index (χ4v) is 2.54. The zero-order valence-electron chi connectivity index (χ0n) is 11.9. The Labute approximate surface area is 122 Å². The first-order valence-corrected chi connectivity index (χ1v) is 6.57. The summed E-state index contributed by atoms with van der Waals surface area (Å²) in [6, 6.07) is 11.8. The summed E-state index contributed by atoms with van der Waals surface area (Å²) >= 11 is 0. The van der Waals surface area contributed by atoms with Gasteiger partial charge in [0.2, 0.25) is 5.95 Å². The number of nitrogens with zero attached hydrogens (tertiary/aromatic N) is 2. The number of aryl methyl sites for hydroxylation is 1. The molecule has 0 aliphatic heterocycles.